The Morgan fingerprint density at radius 3 is 2.66 bits per heavy atom. The van der Waals surface area contributed by atoms with Crippen molar-refractivity contribution >= 4 is 33.5 Å². The summed E-state index contributed by atoms with van der Waals surface area (Å²) >= 11 is 0. The highest BCUT2D eigenvalue weighted by molar-refractivity contribution is 5.98. The molecule has 4 aromatic heterocycles. The molecule has 6 aromatic rings. The van der Waals surface area contributed by atoms with Gasteiger partial charge in [-0.15, -0.1) is 0 Å². The molecule has 5 heterocycles. The van der Waals surface area contributed by atoms with Gasteiger partial charge in [-0.1, -0.05) is 26.8 Å². The van der Waals surface area contributed by atoms with E-state index in [0.29, 0.717) is 52.8 Å². The molecule has 0 aliphatic carbocycles. The number of aromatic amines is 2. The Kier molecular flexibility index (Phi) is 8.15. The Labute approximate surface area is 271 Å². The van der Waals surface area contributed by atoms with Gasteiger partial charge in [0.15, 0.2) is 5.82 Å². The summed E-state index contributed by atoms with van der Waals surface area (Å²) in [6.45, 7) is 9.57. The number of likely N-dealkylation sites (tertiary alicyclic amines) is 1. The van der Waals surface area contributed by atoms with Crippen molar-refractivity contribution in [3.05, 3.63) is 72.9 Å². The molecule has 2 aromatic carbocycles. The highest BCUT2D eigenvalue weighted by atomic mass is 19.1. The van der Waals surface area contributed by atoms with Crippen molar-refractivity contribution in [2.45, 2.75) is 40.0 Å². The van der Waals surface area contributed by atoms with Crippen molar-refractivity contribution < 1.29 is 13.9 Å². The number of pyridine rings is 2. The van der Waals surface area contributed by atoms with E-state index in [-0.39, 0.29) is 11.3 Å². The first-order valence-corrected chi connectivity index (χ1v) is 15.9. The number of imidazole rings is 1. The molecule has 3 N–H and O–H groups in total. The minimum atomic E-state index is -0.397. The summed E-state index contributed by atoms with van der Waals surface area (Å²) in [4.78, 5) is 32.1. The first kappa shape index (κ1) is 30.5. The van der Waals surface area contributed by atoms with Crippen molar-refractivity contribution in [2.24, 2.45) is 5.41 Å². The highest BCUT2D eigenvalue weighted by Crippen LogP contribution is 2.34. The molecule has 0 atom stereocenters. The van der Waals surface area contributed by atoms with Crippen LogP contribution in [0.5, 0.6) is 5.75 Å². The minimum absolute atomic E-state index is 0.0534. The maximum atomic E-state index is 14.8. The molecule has 10 nitrogen and oxygen atoms in total. The summed E-state index contributed by atoms with van der Waals surface area (Å²) in [5.41, 5.74) is 6.25. The molecule has 240 valence electrons. The van der Waals surface area contributed by atoms with Gasteiger partial charge in [0.2, 0.25) is 5.91 Å². The number of hydrogen-bond acceptors (Lipinski definition) is 7. The van der Waals surface area contributed by atoms with Crippen LogP contribution in [0, 0.1) is 11.2 Å². The zero-order chi connectivity index (χ0) is 32.5. The van der Waals surface area contributed by atoms with E-state index in [9.17, 15) is 9.18 Å². The van der Waals surface area contributed by atoms with Crippen molar-refractivity contribution in [3.8, 4) is 39.7 Å². The zero-order valence-electron chi connectivity index (χ0n) is 26.7. The van der Waals surface area contributed by atoms with Crippen LogP contribution in [-0.2, 0) is 4.79 Å². The van der Waals surface area contributed by atoms with Gasteiger partial charge in [0, 0.05) is 47.9 Å². The number of nitrogens with zero attached hydrogens (tertiary/aromatic N) is 5. The van der Waals surface area contributed by atoms with E-state index in [1.807, 2.05) is 57.2 Å². The van der Waals surface area contributed by atoms with E-state index >= 15 is 0 Å². The molecular weight excluding hydrogens is 595 g/mol. The highest BCUT2D eigenvalue weighted by Gasteiger charge is 2.19. The van der Waals surface area contributed by atoms with Crippen molar-refractivity contribution in [1.82, 2.24) is 35.0 Å². The first-order chi connectivity index (χ1) is 22.7. The van der Waals surface area contributed by atoms with Gasteiger partial charge < -0.3 is 15.0 Å². The van der Waals surface area contributed by atoms with E-state index in [4.69, 9.17) is 9.72 Å². The Morgan fingerprint density at radius 2 is 1.83 bits per heavy atom. The third-order valence-corrected chi connectivity index (χ3v) is 8.25. The largest absolute Gasteiger partial charge is 0.492 e. The molecular formula is C36H37FN8O2. The number of benzene rings is 2. The van der Waals surface area contributed by atoms with Crippen LogP contribution in [0.1, 0.15) is 40.0 Å². The standard InChI is InChI=1S/C36H37FN8O2/c1-36(2,3)19-31(46)40-26-15-24(20-38-21-26)22-6-7-29-28(17-22)33(44-43-29)35-41-30-8-9-39-32(34(30)42-35)23-14-25(37)18-27(16-23)47-13-12-45-10-4-5-11-45/h6-9,14-18,20-21H,4-5,10-13,19H2,1-3H3,(H,40,46)(H,41,42)(H,43,44). The van der Waals surface area contributed by atoms with Crippen molar-refractivity contribution in [3.63, 3.8) is 0 Å². The fourth-order valence-electron chi connectivity index (χ4n) is 6.07. The summed E-state index contributed by atoms with van der Waals surface area (Å²) < 4.78 is 20.7. The number of carbonyl (C=O) groups excluding carboxylic acids is 1. The van der Waals surface area contributed by atoms with Gasteiger partial charge in [-0.05, 0) is 73.3 Å². The molecule has 0 spiro atoms. The molecule has 1 saturated heterocycles. The smallest absolute Gasteiger partial charge is 0.224 e. The molecule has 0 saturated carbocycles. The topological polar surface area (TPSA) is 125 Å². The second-order valence-electron chi connectivity index (χ2n) is 13.3. The summed E-state index contributed by atoms with van der Waals surface area (Å²) in [6, 6.07) is 14.4. The lowest BCUT2D eigenvalue weighted by molar-refractivity contribution is -0.117. The fraction of sp³-hybridized carbons (Fsp3) is 0.306. The summed E-state index contributed by atoms with van der Waals surface area (Å²) in [7, 11) is 0. The van der Waals surface area contributed by atoms with Crippen LogP contribution in [0.2, 0.25) is 0 Å². The SMILES string of the molecule is CC(C)(C)CC(=O)Nc1cncc(-c2ccc3[nH]nc(-c4nc5c(-c6cc(F)cc(OCCN7CCCC7)c6)nccc5[nH]4)c3c2)c1. The molecule has 0 unspecified atom stereocenters. The zero-order valence-corrected chi connectivity index (χ0v) is 26.7. The van der Waals surface area contributed by atoms with Crippen LogP contribution in [0.3, 0.4) is 0 Å². The number of hydrogen-bond donors (Lipinski definition) is 3. The Hall–Kier alpha value is -5.16. The maximum absolute atomic E-state index is 14.8. The van der Waals surface area contributed by atoms with Crippen molar-refractivity contribution in [2.75, 3.05) is 31.6 Å². The number of nitrogens with one attached hydrogen (secondary N) is 3. The maximum Gasteiger partial charge on any atom is 0.224 e. The number of fused-ring (bicyclic) bond motifs is 2. The van der Waals surface area contributed by atoms with E-state index in [0.717, 1.165) is 47.2 Å². The van der Waals surface area contributed by atoms with Crippen LogP contribution >= 0.6 is 0 Å². The fourth-order valence-corrected chi connectivity index (χ4v) is 6.07. The lowest BCUT2D eigenvalue weighted by Crippen LogP contribution is -2.25. The van der Waals surface area contributed by atoms with E-state index in [1.165, 1.54) is 25.0 Å². The number of rotatable bonds is 9. The molecule has 7 rings (SSSR count). The van der Waals surface area contributed by atoms with Gasteiger partial charge in [-0.2, -0.15) is 5.10 Å². The lowest BCUT2D eigenvalue weighted by atomic mass is 9.92. The van der Waals surface area contributed by atoms with Gasteiger partial charge in [-0.25, -0.2) is 9.37 Å². The Morgan fingerprint density at radius 1 is 0.979 bits per heavy atom. The van der Waals surface area contributed by atoms with Gasteiger partial charge >= 0.3 is 0 Å². The number of amides is 1. The Bertz CT molecular complexity index is 2070. The predicted octanol–water partition coefficient (Wildman–Crippen LogP) is 7.22. The van der Waals surface area contributed by atoms with Crippen LogP contribution in [0.4, 0.5) is 10.1 Å². The summed E-state index contributed by atoms with van der Waals surface area (Å²) in [6.07, 6.45) is 7.93. The average Bonchev–Trinajstić information content (AvgIpc) is 3.79. The summed E-state index contributed by atoms with van der Waals surface area (Å²) in [5, 5.41) is 11.5. The normalized spacial score (nSPS) is 13.9. The van der Waals surface area contributed by atoms with Gasteiger partial charge in [0.25, 0.3) is 0 Å². The molecule has 1 aliphatic heterocycles. The molecule has 1 amide bonds. The Balaban J connectivity index is 1.17. The van der Waals surface area contributed by atoms with E-state index in [2.05, 4.69) is 35.4 Å². The van der Waals surface area contributed by atoms with Crippen LogP contribution in [-0.4, -0.2) is 67.2 Å². The first-order valence-electron chi connectivity index (χ1n) is 15.9. The summed E-state index contributed by atoms with van der Waals surface area (Å²) in [5.74, 6) is 0.568. The number of halogens is 1. The number of H-pyrrole nitrogens is 2. The number of aromatic nitrogens is 6. The molecule has 0 bridgehead atoms. The third kappa shape index (κ3) is 6.85. The van der Waals surface area contributed by atoms with Crippen LogP contribution in [0.15, 0.2) is 67.1 Å². The number of ether oxygens (including phenoxy) is 1. The quantitative estimate of drug-likeness (QED) is 0.154. The minimum Gasteiger partial charge on any atom is -0.492 e. The molecule has 47 heavy (non-hydrogen) atoms. The van der Waals surface area contributed by atoms with Crippen LogP contribution in [0.25, 0.3) is 55.8 Å². The van der Waals surface area contributed by atoms with Crippen LogP contribution < -0.4 is 10.1 Å². The van der Waals surface area contributed by atoms with Gasteiger partial charge in [-0.3, -0.25) is 24.8 Å². The van der Waals surface area contributed by atoms with Gasteiger partial charge in [0.1, 0.15) is 29.4 Å². The second-order valence-corrected chi connectivity index (χ2v) is 13.3. The third-order valence-electron chi connectivity index (χ3n) is 8.25. The number of carbonyl (C=O) groups is 1. The average molecular weight is 633 g/mol. The lowest BCUT2D eigenvalue weighted by Gasteiger charge is -2.17. The molecule has 11 heteroatoms. The van der Waals surface area contributed by atoms with Gasteiger partial charge in [0.05, 0.1) is 28.6 Å². The second kappa shape index (κ2) is 12.6. The molecule has 1 aliphatic rings. The van der Waals surface area contributed by atoms with Crippen molar-refractivity contribution in [1.29, 1.82) is 0 Å². The monoisotopic (exact) mass is 632 g/mol. The van der Waals surface area contributed by atoms with E-state index < -0.39 is 5.82 Å². The molecule has 1 fully saturated rings. The number of anilines is 1. The predicted molar refractivity (Wildman–Crippen MR) is 181 cm³/mol. The van der Waals surface area contributed by atoms with E-state index in [1.54, 1.807) is 18.6 Å². The molecule has 0 radical (unpaired) electrons.